The molecular formula is C44H59F4N5O7. The molecule has 0 saturated carbocycles. The van der Waals surface area contributed by atoms with Crippen LogP contribution in [-0.2, 0) is 23.9 Å². The van der Waals surface area contributed by atoms with E-state index in [-0.39, 0.29) is 49.8 Å². The molecule has 2 fully saturated rings. The average molecular weight is 846 g/mol. The summed E-state index contributed by atoms with van der Waals surface area (Å²) in [6.45, 7) is 13.7. The van der Waals surface area contributed by atoms with E-state index >= 15 is 0 Å². The number of halogens is 4. The van der Waals surface area contributed by atoms with Gasteiger partial charge in [-0.05, 0) is 85.0 Å². The smallest absolute Gasteiger partial charge is 0.293 e. The summed E-state index contributed by atoms with van der Waals surface area (Å²) in [5.41, 5.74) is 6.31. The normalized spacial score (nSPS) is 18.4. The molecule has 12 nitrogen and oxygen atoms in total. The number of aldehydes is 1. The van der Waals surface area contributed by atoms with Gasteiger partial charge in [-0.25, -0.2) is 17.6 Å². The standard InChI is InChI=1S/C23H21N3O.C8H15F2N.C6H9F2NO.C5H10O2.CH2O2.CH2O/c1-24-17-9-11-20-16(12-17)13-21-19-10-8-18(25-2)14-22(19)27-23(26(20)21)15-6-4-3-5-7-15;1-7(2,3)11-5-4-8(9,10)6-11;1-9-4-6(7,8)2-5(9)3-10;1-5(2,3)7-4-6;2-1-3;1-2/h3-14,23-25H,1-2H3;4-6H2,1-3H3;3,5H,2,4H2,1H3;4H,1-3H3;1H,(H,2,3);1H2. The summed E-state index contributed by atoms with van der Waals surface area (Å²) in [5, 5.41) is 14.5. The maximum atomic E-state index is 12.7. The minimum atomic E-state index is -2.67. The predicted molar refractivity (Wildman–Crippen MR) is 227 cm³/mol. The summed E-state index contributed by atoms with van der Waals surface area (Å²) in [4.78, 5) is 39.3. The second kappa shape index (κ2) is 22.2. The van der Waals surface area contributed by atoms with Crippen LogP contribution in [-0.4, -0.2) is 115 Å². The van der Waals surface area contributed by atoms with Gasteiger partial charge in [0.15, 0.2) is 0 Å². The molecule has 3 aliphatic heterocycles. The molecule has 7 rings (SSSR count). The molecule has 4 aromatic rings. The van der Waals surface area contributed by atoms with E-state index in [0.29, 0.717) is 19.3 Å². The minimum absolute atomic E-state index is 0.0181. The number of carbonyl (C=O) groups excluding carboxylic acids is 3. The number of likely N-dealkylation sites (N-methyl/N-ethyl adjacent to an activating group) is 1. The van der Waals surface area contributed by atoms with E-state index in [2.05, 4.69) is 86.7 Å². The quantitative estimate of drug-likeness (QED) is 0.132. The molecule has 0 bridgehead atoms. The molecule has 330 valence electrons. The Morgan fingerprint density at radius 1 is 0.850 bits per heavy atom. The SMILES string of the molecule is C=O.CC(C)(C)N1CCC(F)(F)C1.CC(C)(C)OC=O.CN1CC(F)(F)CC1C=O.CNc1ccc2c(c1)OC(c1ccccc1)n1c-2cc2cc(NC)ccc21.O=CO. The van der Waals surface area contributed by atoms with Gasteiger partial charge in [0, 0.05) is 73.0 Å². The van der Waals surface area contributed by atoms with Crippen LogP contribution < -0.4 is 15.4 Å². The first-order valence-corrected chi connectivity index (χ1v) is 19.1. The van der Waals surface area contributed by atoms with Gasteiger partial charge in [0.25, 0.3) is 24.8 Å². The molecule has 0 aliphatic carbocycles. The monoisotopic (exact) mass is 845 g/mol. The number of rotatable bonds is 5. The van der Waals surface area contributed by atoms with Crippen LogP contribution in [0.2, 0.25) is 0 Å². The molecule has 2 unspecified atom stereocenters. The van der Waals surface area contributed by atoms with Crippen molar-refractivity contribution in [3.8, 4) is 17.0 Å². The Morgan fingerprint density at radius 3 is 1.85 bits per heavy atom. The van der Waals surface area contributed by atoms with Crippen molar-refractivity contribution >= 4 is 48.3 Å². The van der Waals surface area contributed by atoms with Gasteiger partial charge in [-0.3, -0.25) is 19.4 Å². The second-order valence-electron chi connectivity index (χ2n) is 16.1. The molecule has 3 aliphatic rings. The number of carbonyl (C=O) groups is 4. The molecule has 1 aromatic heterocycles. The minimum Gasteiger partial charge on any atom is -0.483 e. The summed E-state index contributed by atoms with van der Waals surface area (Å²) in [6.07, 6.45) is 0.0665. The molecule has 3 N–H and O–H groups in total. The van der Waals surface area contributed by atoms with E-state index in [1.54, 1.807) is 0 Å². The van der Waals surface area contributed by atoms with Gasteiger partial charge in [-0.1, -0.05) is 30.3 Å². The van der Waals surface area contributed by atoms with E-state index in [4.69, 9.17) is 19.4 Å². The van der Waals surface area contributed by atoms with Gasteiger partial charge in [0.05, 0.1) is 30.3 Å². The number of aromatic nitrogens is 1. The number of nitrogens with zero attached hydrogens (tertiary/aromatic N) is 3. The fourth-order valence-corrected chi connectivity index (χ4v) is 6.46. The van der Waals surface area contributed by atoms with Gasteiger partial charge >= 0.3 is 0 Å². The number of hydrogen-bond acceptors (Lipinski definition) is 10. The molecular weight excluding hydrogens is 787 g/mol. The fourth-order valence-electron chi connectivity index (χ4n) is 6.46. The number of nitrogens with one attached hydrogen (secondary N) is 2. The predicted octanol–water partition coefficient (Wildman–Crippen LogP) is 8.46. The summed E-state index contributed by atoms with van der Waals surface area (Å²) in [7, 11) is 5.40. The van der Waals surface area contributed by atoms with E-state index in [9.17, 15) is 27.2 Å². The van der Waals surface area contributed by atoms with Crippen LogP contribution in [0, 0.1) is 0 Å². The van der Waals surface area contributed by atoms with Gasteiger partial charge in [-0.15, -0.1) is 0 Å². The maximum Gasteiger partial charge on any atom is 0.293 e. The summed E-state index contributed by atoms with van der Waals surface area (Å²) in [5.74, 6) is -4.21. The maximum absolute atomic E-state index is 12.7. The molecule has 0 radical (unpaired) electrons. The van der Waals surface area contributed by atoms with E-state index < -0.39 is 17.9 Å². The lowest BCUT2D eigenvalue weighted by molar-refractivity contribution is -0.138. The van der Waals surface area contributed by atoms with Crippen molar-refractivity contribution in [1.29, 1.82) is 0 Å². The van der Waals surface area contributed by atoms with Crippen molar-refractivity contribution in [3.63, 3.8) is 0 Å². The summed E-state index contributed by atoms with van der Waals surface area (Å²) >= 11 is 0. The third-order valence-corrected chi connectivity index (χ3v) is 9.46. The number of ether oxygens (including phenoxy) is 2. The van der Waals surface area contributed by atoms with Crippen molar-refractivity contribution in [3.05, 3.63) is 78.4 Å². The third-order valence-electron chi connectivity index (χ3n) is 9.46. The third kappa shape index (κ3) is 14.7. The number of fused-ring (bicyclic) bond motifs is 5. The van der Waals surface area contributed by atoms with E-state index in [1.807, 2.05) is 73.4 Å². The van der Waals surface area contributed by atoms with Crippen molar-refractivity contribution < 1.29 is 51.3 Å². The van der Waals surface area contributed by atoms with Crippen LogP contribution in [0.3, 0.4) is 0 Å². The first-order valence-electron chi connectivity index (χ1n) is 19.1. The first-order chi connectivity index (χ1) is 28.1. The highest BCUT2D eigenvalue weighted by Gasteiger charge is 2.43. The molecule has 4 heterocycles. The van der Waals surface area contributed by atoms with Crippen molar-refractivity contribution in [2.45, 2.75) is 89.6 Å². The van der Waals surface area contributed by atoms with Gasteiger partial charge in [-0.2, -0.15) is 0 Å². The number of likely N-dealkylation sites (tertiary alicyclic amines) is 2. The van der Waals surface area contributed by atoms with Crippen LogP contribution in [0.5, 0.6) is 5.75 Å². The second-order valence-corrected chi connectivity index (χ2v) is 16.1. The molecule has 0 amide bonds. The van der Waals surface area contributed by atoms with Crippen molar-refractivity contribution in [2.75, 3.05) is 51.4 Å². The zero-order valence-electron chi connectivity index (χ0n) is 35.8. The molecule has 3 aromatic carbocycles. The molecule has 16 heteroatoms. The number of anilines is 2. The lowest BCUT2D eigenvalue weighted by Crippen LogP contribution is -2.40. The van der Waals surface area contributed by atoms with E-state index in [1.165, 1.54) is 28.5 Å². The Morgan fingerprint density at radius 2 is 1.43 bits per heavy atom. The van der Waals surface area contributed by atoms with Gasteiger partial charge in [0.2, 0.25) is 6.23 Å². The summed E-state index contributed by atoms with van der Waals surface area (Å²) < 4.78 is 63.6. The lowest BCUT2D eigenvalue weighted by Gasteiger charge is -2.31. The van der Waals surface area contributed by atoms with Gasteiger partial charge in [0.1, 0.15) is 24.4 Å². The zero-order valence-corrected chi connectivity index (χ0v) is 35.8. The zero-order chi connectivity index (χ0) is 45.5. The Labute approximate surface area is 349 Å². The number of hydrogen-bond donors (Lipinski definition) is 3. The Kier molecular flexibility index (Phi) is 18.8. The first kappa shape index (κ1) is 50.7. The van der Waals surface area contributed by atoms with Crippen LogP contribution >= 0.6 is 0 Å². The number of carboxylic acid groups (broad SMARTS) is 1. The lowest BCUT2D eigenvalue weighted by atomic mass is 10.1. The van der Waals surface area contributed by atoms with E-state index in [0.717, 1.165) is 28.3 Å². The number of alkyl halides is 4. The van der Waals surface area contributed by atoms with Crippen LogP contribution in [0.1, 0.15) is 66.2 Å². The Balaban J connectivity index is 0.000000311. The highest BCUT2D eigenvalue weighted by Crippen LogP contribution is 2.45. The largest absolute Gasteiger partial charge is 0.483 e. The van der Waals surface area contributed by atoms with Crippen LogP contribution in [0.4, 0.5) is 28.9 Å². The average Bonchev–Trinajstić information content (AvgIpc) is 3.86. The van der Waals surface area contributed by atoms with Crippen LogP contribution in [0.25, 0.3) is 22.2 Å². The number of benzene rings is 3. The Bertz CT molecular complexity index is 1970. The topological polar surface area (TPSA) is 142 Å². The van der Waals surface area contributed by atoms with Crippen LogP contribution in [0.15, 0.2) is 72.8 Å². The highest BCUT2D eigenvalue weighted by atomic mass is 19.3. The van der Waals surface area contributed by atoms with Crippen molar-refractivity contribution in [1.82, 2.24) is 14.4 Å². The summed E-state index contributed by atoms with van der Waals surface area (Å²) in [6, 6.07) is 24.8. The molecule has 60 heavy (non-hydrogen) atoms. The molecule has 0 spiro atoms. The molecule has 2 atom stereocenters. The van der Waals surface area contributed by atoms with Crippen molar-refractivity contribution in [2.24, 2.45) is 0 Å². The highest BCUT2D eigenvalue weighted by molar-refractivity contribution is 5.91. The van der Waals surface area contributed by atoms with Gasteiger partial charge < -0.3 is 39.4 Å². The fraction of sp³-hybridized carbons (Fsp3) is 0.455. The Hall–Kier alpha value is -5.48. The molecule has 2 saturated heterocycles.